The van der Waals surface area contributed by atoms with Gasteiger partial charge in [0.15, 0.2) is 0 Å². The summed E-state index contributed by atoms with van der Waals surface area (Å²) in [6.45, 7) is 1.90. The van der Waals surface area contributed by atoms with Crippen molar-refractivity contribution in [1.29, 1.82) is 0 Å². The van der Waals surface area contributed by atoms with Crippen molar-refractivity contribution in [2.75, 3.05) is 5.73 Å². The summed E-state index contributed by atoms with van der Waals surface area (Å²) in [4.78, 5) is 7.40. The number of hydrogen-bond acceptors (Lipinski definition) is 2. The van der Waals surface area contributed by atoms with Crippen LogP contribution in [0, 0.1) is 12.7 Å². The zero-order valence-corrected chi connectivity index (χ0v) is 9.87. The van der Waals surface area contributed by atoms with Crippen LogP contribution in [0.5, 0.6) is 0 Å². The maximum absolute atomic E-state index is 13.3. The molecule has 0 amide bonds. The van der Waals surface area contributed by atoms with Gasteiger partial charge in [-0.15, -0.1) is 0 Å². The van der Waals surface area contributed by atoms with Gasteiger partial charge in [0.25, 0.3) is 0 Å². The summed E-state index contributed by atoms with van der Waals surface area (Å²) in [6, 6.07) is 8.40. The standard InChI is InChI=1S/C14H12FN3/c1-8-5-11(9-3-2-4-10(15)6-9)13-12(16)7-17-14(13)18-8/h2-7H,16H2,1H3,(H,17,18). The van der Waals surface area contributed by atoms with E-state index in [1.807, 2.05) is 19.1 Å². The average molecular weight is 241 g/mol. The number of fused-ring (bicyclic) bond motifs is 1. The van der Waals surface area contributed by atoms with Crippen LogP contribution in [-0.4, -0.2) is 9.97 Å². The molecule has 0 fully saturated rings. The molecule has 0 saturated heterocycles. The zero-order chi connectivity index (χ0) is 12.7. The Morgan fingerprint density at radius 3 is 2.89 bits per heavy atom. The molecule has 3 N–H and O–H groups in total. The molecule has 0 radical (unpaired) electrons. The Hall–Kier alpha value is -2.36. The Morgan fingerprint density at radius 2 is 2.11 bits per heavy atom. The molecule has 0 unspecified atom stereocenters. The lowest BCUT2D eigenvalue weighted by Crippen LogP contribution is -1.90. The molecule has 0 aliphatic heterocycles. The molecule has 3 aromatic rings. The minimum Gasteiger partial charge on any atom is -0.397 e. The predicted octanol–water partition coefficient (Wildman–Crippen LogP) is 3.26. The van der Waals surface area contributed by atoms with E-state index in [0.717, 1.165) is 27.9 Å². The SMILES string of the molecule is Cc1cc(-c2cccc(F)c2)c2c(N)c[nH]c2n1. The van der Waals surface area contributed by atoms with Crippen molar-refractivity contribution in [2.45, 2.75) is 6.92 Å². The van der Waals surface area contributed by atoms with E-state index >= 15 is 0 Å². The number of nitrogens with two attached hydrogens (primary N) is 1. The summed E-state index contributed by atoms with van der Waals surface area (Å²) in [7, 11) is 0. The number of hydrogen-bond donors (Lipinski definition) is 2. The molecular weight excluding hydrogens is 229 g/mol. The van der Waals surface area contributed by atoms with Crippen LogP contribution in [0.3, 0.4) is 0 Å². The molecule has 0 aliphatic rings. The van der Waals surface area contributed by atoms with Gasteiger partial charge in [-0.25, -0.2) is 9.37 Å². The van der Waals surface area contributed by atoms with Crippen molar-refractivity contribution in [2.24, 2.45) is 0 Å². The normalized spacial score (nSPS) is 11.0. The van der Waals surface area contributed by atoms with E-state index in [-0.39, 0.29) is 5.82 Å². The first-order valence-corrected chi connectivity index (χ1v) is 5.65. The van der Waals surface area contributed by atoms with Crippen LogP contribution in [0.1, 0.15) is 5.69 Å². The smallest absolute Gasteiger partial charge is 0.140 e. The van der Waals surface area contributed by atoms with Crippen molar-refractivity contribution in [1.82, 2.24) is 9.97 Å². The Bertz CT molecular complexity index is 731. The third-order valence-electron chi connectivity index (χ3n) is 2.94. The number of halogens is 1. The minimum atomic E-state index is -0.260. The number of rotatable bonds is 1. The second-order valence-electron chi connectivity index (χ2n) is 4.29. The molecule has 1 aromatic carbocycles. The van der Waals surface area contributed by atoms with Crippen molar-refractivity contribution in [3.63, 3.8) is 0 Å². The highest BCUT2D eigenvalue weighted by molar-refractivity contribution is 6.01. The molecule has 3 rings (SSSR count). The van der Waals surface area contributed by atoms with Gasteiger partial charge in [-0.1, -0.05) is 12.1 Å². The van der Waals surface area contributed by atoms with Gasteiger partial charge in [0.05, 0.1) is 5.69 Å². The fourth-order valence-corrected chi connectivity index (χ4v) is 2.17. The fourth-order valence-electron chi connectivity index (χ4n) is 2.17. The van der Waals surface area contributed by atoms with Crippen molar-refractivity contribution in [3.05, 3.63) is 48.0 Å². The molecule has 0 saturated carbocycles. The summed E-state index contributed by atoms with van der Waals surface area (Å²) in [6.07, 6.45) is 1.71. The van der Waals surface area contributed by atoms with E-state index in [1.54, 1.807) is 12.3 Å². The average Bonchev–Trinajstić information content (AvgIpc) is 2.70. The number of pyridine rings is 1. The van der Waals surface area contributed by atoms with E-state index in [1.165, 1.54) is 12.1 Å². The van der Waals surface area contributed by atoms with Crippen LogP contribution in [0.15, 0.2) is 36.5 Å². The molecule has 0 aliphatic carbocycles. The van der Waals surface area contributed by atoms with Crippen molar-refractivity contribution < 1.29 is 4.39 Å². The van der Waals surface area contributed by atoms with Crippen LogP contribution in [-0.2, 0) is 0 Å². The molecule has 90 valence electrons. The first-order valence-electron chi connectivity index (χ1n) is 5.65. The predicted molar refractivity (Wildman–Crippen MR) is 70.6 cm³/mol. The van der Waals surface area contributed by atoms with Gasteiger partial charge in [-0.05, 0) is 36.2 Å². The van der Waals surface area contributed by atoms with Gasteiger partial charge < -0.3 is 10.7 Å². The summed E-state index contributed by atoms with van der Waals surface area (Å²) >= 11 is 0. The number of anilines is 1. The Balaban J connectivity index is 2.37. The number of H-pyrrole nitrogens is 1. The second-order valence-corrected chi connectivity index (χ2v) is 4.29. The van der Waals surface area contributed by atoms with Gasteiger partial charge in [0.2, 0.25) is 0 Å². The molecule has 2 heterocycles. The molecular formula is C14H12FN3. The van der Waals surface area contributed by atoms with E-state index in [4.69, 9.17) is 5.73 Å². The van der Waals surface area contributed by atoms with Gasteiger partial charge in [-0.3, -0.25) is 0 Å². The molecule has 0 bridgehead atoms. The number of nitrogens with one attached hydrogen (secondary N) is 1. The number of benzene rings is 1. The van der Waals surface area contributed by atoms with Gasteiger partial charge in [-0.2, -0.15) is 0 Å². The lowest BCUT2D eigenvalue weighted by Gasteiger charge is -2.06. The van der Waals surface area contributed by atoms with E-state index in [0.29, 0.717) is 5.69 Å². The van der Waals surface area contributed by atoms with Gasteiger partial charge in [0.1, 0.15) is 11.5 Å². The number of nitrogen functional groups attached to an aromatic ring is 1. The Kier molecular flexibility index (Phi) is 2.30. The molecule has 4 heteroatoms. The third-order valence-corrected chi connectivity index (χ3v) is 2.94. The highest BCUT2D eigenvalue weighted by Crippen LogP contribution is 2.32. The molecule has 0 spiro atoms. The van der Waals surface area contributed by atoms with E-state index in [2.05, 4.69) is 9.97 Å². The summed E-state index contributed by atoms with van der Waals surface area (Å²) in [5.41, 5.74) is 9.85. The topological polar surface area (TPSA) is 54.7 Å². The van der Waals surface area contributed by atoms with Crippen LogP contribution in [0.4, 0.5) is 10.1 Å². The van der Waals surface area contributed by atoms with E-state index < -0.39 is 0 Å². The van der Waals surface area contributed by atoms with E-state index in [9.17, 15) is 4.39 Å². The lowest BCUT2D eigenvalue weighted by molar-refractivity contribution is 0.628. The zero-order valence-electron chi connectivity index (χ0n) is 9.87. The fraction of sp³-hybridized carbons (Fsp3) is 0.0714. The first kappa shape index (κ1) is 10.8. The third kappa shape index (κ3) is 1.62. The number of aromatic nitrogens is 2. The maximum atomic E-state index is 13.3. The first-order chi connectivity index (χ1) is 8.65. The van der Waals surface area contributed by atoms with Crippen LogP contribution in [0.25, 0.3) is 22.2 Å². The van der Waals surface area contributed by atoms with Crippen molar-refractivity contribution >= 4 is 16.7 Å². The monoisotopic (exact) mass is 241 g/mol. The quantitative estimate of drug-likeness (QED) is 0.687. The van der Waals surface area contributed by atoms with Gasteiger partial charge in [0, 0.05) is 17.3 Å². The number of nitrogens with zero attached hydrogens (tertiary/aromatic N) is 1. The Morgan fingerprint density at radius 1 is 1.28 bits per heavy atom. The molecule has 2 aromatic heterocycles. The minimum absolute atomic E-state index is 0.260. The summed E-state index contributed by atoms with van der Waals surface area (Å²) < 4.78 is 13.3. The van der Waals surface area contributed by atoms with Crippen molar-refractivity contribution in [3.8, 4) is 11.1 Å². The summed E-state index contributed by atoms with van der Waals surface area (Å²) in [5.74, 6) is -0.260. The Labute approximate surface area is 103 Å². The summed E-state index contributed by atoms with van der Waals surface area (Å²) in [5, 5.41) is 0.839. The van der Waals surface area contributed by atoms with Crippen LogP contribution < -0.4 is 5.73 Å². The second kappa shape index (κ2) is 3.84. The number of aromatic amines is 1. The molecule has 18 heavy (non-hydrogen) atoms. The largest absolute Gasteiger partial charge is 0.397 e. The van der Waals surface area contributed by atoms with Crippen LogP contribution >= 0.6 is 0 Å². The highest BCUT2D eigenvalue weighted by atomic mass is 19.1. The molecule has 3 nitrogen and oxygen atoms in total. The molecule has 0 atom stereocenters. The lowest BCUT2D eigenvalue weighted by atomic mass is 10.0. The van der Waals surface area contributed by atoms with Crippen LogP contribution in [0.2, 0.25) is 0 Å². The maximum Gasteiger partial charge on any atom is 0.140 e. The van der Waals surface area contributed by atoms with Gasteiger partial charge >= 0.3 is 0 Å². The highest BCUT2D eigenvalue weighted by Gasteiger charge is 2.11. The number of aryl methyl sites for hydroxylation is 1.